The first-order chi connectivity index (χ1) is 7.76. The first kappa shape index (κ1) is 11.5. The second-order valence-corrected chi connectivity index (χ2v) is 4.70. The predicted octanol–water partition coefficient (Wildman–Crippen LogP) is 1.73. The molecule has 1 amide bonds. The highest BCUT2D eigenvalue weighted by Crippen LogP contribution is 2.24. The van der Waals surface area contributed by atoms with Gasteiger partial charge in [-0.25, -0.2) is 0 Å². The summed E-state index contributed by atoms with van der Waals surface area (Å²) in [5, 5.41) is 3.04. The van der Waals surface area contributed by atoms with Crippen molar-refractivity contribution < 1.29 is 4.79 Å². The number of carbonyl (C=O) groups excluding carboxylic acids is 1. The zero-order chi connectivity index (χ0) is 11.5. The fourth-order valence-electron chi connectivity index (χ4n) is 1.97. The number of benzene rings is 1. The smallest absolute Gasteiger partial charge is 0.244 e. The minimum atomic E-state index is -0.0137. The molecule has 2 rings (SSSR count). The van der Waals surface area contributed by atoms with E-state index in [0.29, 0.717) is 0 Å². The van der Waals surface area contributed by atoms with Crippen molar-refractivity contribution in [3.8, 4) is 0 Å². The summed E-state index contributed by atoms with van der Waals surface area (Å²) in [5.41, 5.74) is 1.00. The van der Waals surface area contributed by atoms with Gasteiger partial charge in [0, 0.05) is 17.1 Å². The number of amides is 1. The highest BCUT2D eigenvalue weighted by molar-refractivity contribution is 7.98. The van der Waals surface area contributed by atoms with Crippen LogP contribution in [0.4, 0.5) is 5.69 Å². The Morgan fingerprint density at radius 3 is 2.56 bits per heavy atom. The Morgan fingerprint density at radius 1 is 1.38 bits per heavy atom. The zero-order valence-electron chi connectivity index (χ0n) is 9.56. The van der Waals surface area contributed by atoms with E-state index >= 15 is 0 Å². The molecule has 0 aromatic heterocycles. The number of hydrogen-bond donors (Lipinski definition) is 1. The number of rotatable bonds is 3. The van der Waals surface area contributed by atoms with Crippen molar-refractivity contribution in [1.82, 2.24) is 5.32 Å². The average Bonchev–Trinajstić information content (AvgIpc) is 2.70. The van der Waals surface area contributed by atoms with Crippen molar-refractivity contribution in [2.24, 2.45) is 0 Å². The lowest BCUT2D eigenvalue weighted by molar-refractivity contribution is -0.118. The van der Waals surface area contributed by atoms with Crippen LogP contribution in [0.3, 0.4) is 0 Å². The summed E-state index contributed by atoms with van der Waals surface area (Å²) in [4.78, 5) is 15.0. The van der Waals surface area contributed by atoms with E-state index in [1.807, 2.05) is 30.3 Å². The van der Waals surface area contributed by atoms with Crippen molar-refractivity contribution in [2.75, 3.05) is 24.7 Å². The molecule has 1 aliphatic rings. The second-order valence-electron chi connectivity index (χ2n) is 3.82. The van der Waals surface area contributed by atoms with E-state index in [1.54, 1.807) is 11.8 Å². The maximum absolute atomic E-state index is 11.9. The first-order valence-electron chi connectivity index (χ1n) is 5.39. The lowest BCUT2D eigenvalue weighted by atomic mass is 10.2. The standard InChI is InChI=1S/C12H16N2OS/c1-13-11-7-8-14(12(11)15)9-3-5-10(16-2)6-4-9/h3-6,11,13H,7-8H2,1-2H3. The molecule has 16 heavy (non-hydrogen) atoms. The van der Waals surface area contributed by atoms with Gasteiger partial charge in [-0.3, -0.25) is 4.79 Å². The molecule has 4 heteroatoms. The second kappa shape index (κ2) is 4.89. The van der Waals surface area contributed by atoms with Gasteiger partial charge in [0.05, 0.1) is 6.04 Å². The lowest BCUT2D eigenvalue weighted by Crippen LogP contribution is -2.36. The van der Waals surface area contributed by atoms with Gasteiger partial charge in [0.2, 0.25) is 5.91 Å². The maximum Gasteiger partial charge on any atom is 0.244 e. The third-order valence-electron chi connectivity index (χ3n) is 2.94. The minimum absolute atomic E-state index is 0.0137. The van der Waals surface area contributed by atoms with Crippen LogP contribution >= 0.6 is 11.8 Å². The van der Waals surface area contributed by atoms with E-state index in [1.165, 1.54) is 4.90 Å². The van der Waals surface area contributed by atoms with E-state index in [4.69, 9.17) is 0 Å². The monoisotopic (exact) mass is 236 g/mol. The van der Waals surface area contributed by atoms with E-state index < -0.39 is 0 Å². The molecule has 0 saturated carbocycles. The number of likely N-dealkylation sites (N-methyl/N-ethyl adjacent to an activating group) is 1. The third kappa shape index (κ3) is 2.08. The largest absolute Gasteiger partial charge is 0.311 e. The Labute approximate surface area is 100 Å². The molecule has 0 spiro atoms. The molecule has 0 aliphatic carbocycles. The molecule has 1 saturated heterocycles. The van der Waals surface area contributed by atoms with Gasteiger partial charge < -0.3 is 10.2 Å². The molecular formula is C12H16N2OS. The van der Waals surface area contributed by atoms with E-state index in [0.717, 1.165) is 18.7 Å². The van der Waals surface area contributed by atoms with Gasteiger partial charge in [0.25, 0.3) is 0 Å². The Morgan fingerprint density at radius 2 is 2.06 bits per heavy atom. The Kier molecular flexibility index (Phi) is 3.51. The molecule has 1 aliphatic heterocycles. The number of nitrogens with zero attached hydrogens (tertiary/aromatic N) is 1. The molecule has 1 fully saturated rings. The lowest BCUT2D eigenvalue weighted by Gasteiger charge is -2.16. The summed E-state index contributed by atoms with van der Waals surface area (Å²) >= 11 is 1.71. The van der Waals surface area contributed by atoms with Crippen molar-refractivity contribution in [2.45, 2.75) is 17.4 Å². The summed E-state index contributed by atoms with van der Waals surface area (Å²) in [5.74, 6) is 0.180. The summed E-state index contributed by atoms with van der Waals surface area (Å²) in [6.45, 7) is 0.808. The predicted molar refractivity (Wildman–Crippen MR) is 68.0 cm³/mol. The van der Waals surface area contributed by atoms with Crippen molar-refractivity contribution in [3.05, 3.63) is 24.3 Å². The summed E-state index contributed by atoms with van der Waals surface area (Å²) in [6.07, 6.45) is 2.94. The van der Waals surface area contributed by atoms with Crippen LogP contribution in [0.2, 0.25) is 0 Å². The molecule has 86 valence electrons. The molecule has 1 N–H and O–H groups in total. The maximum atomic E-state index is 11.9. The molecule has 3 nitrogen and oxygen atoms in total. The van der Waals surface area contributed by atoms with Crippen molar-refractivity contribution >= 4 is 23.4 Å². The van der Waals surface area contributed by atoms with Gasteiger partial charge in [-0.2, -0.15) is 0 Å². The average molecular weight is 236 g/mol. The number of nitrogens with one attached hydrogen (secondary N) is 1. The number of hydrogen-bond acceptors (Lipinski definition) is 3. The Hall–Kier alpha value is -1.00. The molecule has 0 bridgehead atoms. The topological polar surface area (TPSA) is 32.3 Å². The minimum Gasteiger partial charge on any atom is -0.311 e. The van der Waals surface area contributed by atoms with Crippen LogP contribution in [0.25, 0.3) is 0 Å². The summed E-state index contributed by atoms with van der Waals surface area (Å²) < 4.78 is 0. The fourth-order valence-corrected chi connectivity index (χ4v) is 2.37. The van der Waals surface area contributed by atoms with Crippen molar-refractivity contribution in [1.29, 1.82) is 0 Å². The SMILES string of the molecule is CNC1CCN(c2ccc(SC)cc2)C1=O. The van der Waals surface area contributed by atoms with Crippen LogP contribution in [0.1, 0.15) is 6.42 Å². The molecule has 1 aromatic rings. The van der Waals surface area contributed by atoms with Gasteiger partial charge in [-0.15, -0.1) is 11.8 Å². The third-order valence-corrected chi connectivity index (χ3v) is 3.68. The van der Waals surface area contributed by atoms with E-state index in [9.17, 15) is 4.79 Å². The molecule has 1 atom stereocenters. The van der Waals surface area contributed by atoms with Gasteiger partial charge >= 0.3 is 0 Å². The highest BCUT2D eigenvalue weighted by Gasteiger charge is 2.30. The van der Waals surface area contributed by atoms with E-state index in [-0.39, 0.29) is 11.9 Å². The number of anilines is 1. The van der Waals surface area contributed by atoms with Crippen molar-refractivity contribution in [3.63, 3.8) is 0 Å². The Balaban J connectivity index is 2.16. The molecular weight excluding hydrogens is 220 g/mol. The number of carbonyl (C=O) groups is 1. The van der Waals surface area contributed by atoms with Crippen LogP contribution in [0.15, 0.2) is 29.2 Å². The molecule has 0 radical (unpaired) electrons. The van der Waals surface area contributed by atoms with Gasteiger partial charge in [-0.1, -0.05) is 0 Å². The highest BCUT2D eigenvalue weighted by atomic mass is 32.2. The zero-order valence-corrected chi connectivity index (χ0v) is 10.4. The van der Waals surface area contributed by atoms with Gasteiger partial charge in [-0.05, 0) is 44.0 Å². The normalized spacial score (nSPS) is 20.5. The molecule has 1 heterocycles. The summed E-state index contributed by atoms with van der Waals surface area (Å²) in [7, 11) is 1.84. The van der Waals surface area contributed by atoms with Gasteiger partial charge in [0.1, 0.15) is 0 Å². The molecule has 1 unspecified atom stereocenters. The van der Waals surface area contributed by atoms with Crippen LogP contribution in [-0.4, -0.2) is 31.8 Å². The molecule has 1 aromatic carbocycles. The van der Waals surface area contributed by atoms with Crippen LogP contribution in [0, 0.1) is 0 Å². The first-order valence-corrected chi connectivity index (χ1v) is 6.61. The van der Waals surface area contributed by atoms with Crippen LogP contribution in [-0.2, 0) is 4.79 Å². The number of thioether (sulfide) groups is 1. The Bertz CT molecular complexity index is 377. The quantitative estimate of drug-likeness (QED) is 0.811. The van der Waals surface area contributed by atoms with Gasteiger partial charge in [0.15, 0.2) is 0 Å². The van der Waals surface area contributed by atoms with Crippen LogP contribution < -0.4 is 10.2 Å². The van der Waals surface area contributed by atoms with E-state index in [2.05, 4.69) is 17.4 Å². The summed E-state index contributed by atoms with van der Waals surface area (Å²) in [6, 6.07) is 8.13. The van der Waals surface area contributed by atoms with Crippen LogP contribution in [0.5, 0.6) is 0 Å². The fraction of sp³-hybridized carbons (Fsp3) is 0.417.